The number of β-amino-alcohol motifs (C(OH)–C–C–N with tert-alkyl or cyclic N) is 1. The molecule has 9 heteroatoms. The molecule has 220 valence electrons. The lowest BCUT2D eigenvalue weighted by Gasteiger charge is -2.41. The molecule has 1 fully saturated rings. The zero-order chi connectivity index (χ0) is 29.6. The molecule has 0 aliphatic carbocycles. The van der Waals surface area contributed by atoms with E-state index in [1.807, 2.05) is 46.1 Å². The van der Waals surface area contributed by atoms with Crippen LogP contribution >= 0.6 is 0 Å². The second-order valence-electron chi connectivity index (χ2n) is 11.9. The van der Waals surface area contributed by atoms with Crippen molar-refractivity contribution in [1.29, 1.82) is 5.26 Å². The predicted octanol–water partition coefficient (Wildman–Crippen LogP) is 4.12. The number of ether oxygens (including phenoxy) is 1. The Hall–Kier alpha value is -3.09. The molecule has 2 aromatic rings. The first-order chi connectivity index (χ1) is 18.9. The third-order valence-electron chi connectivity index (χ3n) is 7.72. The topological polar surface area (TPSA) is 104 Å². The van der Waals surface area contributed by atoms with Crippen molar-refractivity contribution in [3.05, 3.63) is 56.2 Å². The molecular formula is C31H47N5O4. The normalized spacial score (nSPS) is 15.5. The van der Waals surface area contributed by atoms with Crippen LogP contribution in [0, 0.1) is 11.3 Å². The van der Waals surface area contributed by atoms with Gasteiger partial charge in [0.05, 0.1) is 17.2 Å². The molecule has 1 aromatic heterocycles. The summed E-state index contributed by atoms with van der Waals surface area (Å²) in [6, 6.07) is 8.68. The minimum absolute atomic E-state index is 0.0851. The number of aliphatic hydroxyl groups is 1. The van der Waals surface area contributed by atoms with Gasteiger partial charge in [0.1, 0.15) is 23.3 Å². The molecule has 0 amide bonds. The maximum atomic E-state index is 13.6. The lowest BCUT2D eigenvalue weighted by atomic mass is 10.0. The molecular weight excluding hydrogens is 506 g/mol. The largest absolute Gasteiger partial charge is 0.485 e. The number of hydrogen-bond donors (Lipinski definition) is 1. The van der Waals surface area contributed by atoms with Crippen molar-refractivity contribution >= 4 is 5.82 Å². The van der Waals surface area contributed by atoms with Gasteiger partial charge in [0.2, 0.25) is 0 Å². The maximum absolute atomic E-state index is 13.6. The van der Waals surface area contributed by atoms with E-state index < -0.39 is 11.7 Å². The first kappa shape index (κ1) is 31.4. The van der Waals surface area contributed by atoms with Gasteiger partial charge in [-0.05, 0) is 78.6 Å². The Labute approximate surface area is 238 Å². The van der Waals surface area contributed by atoms with E-state index in [1.54, 1.807) is 24.3 Å². The van der Waals surface area contributed by atoms with Gasteiger partial charge in [-0.3, -0.25) is 18.8 Å². The highest BCUT2D eigenvalue weighted by atomic mass is 16.5. The summed E-state index contributed by atoms with van der Waals surface area (Å²) in [5.74, 6) is 1.37. The molecule has 1 aliphatic heterocycles. The molecule has 3 rings (SSSR count). The van der Waals surface area contributed by atoms with Gasteiger partial charge >= 0.3 is 5.69 Å². The minimum Gasteiger partial charge on any atom is -0.485 e. The number of hydrogen-bond acceptors (Lipinski definition) is 7. The Bertz CT molecular complexity index is 1280. The molecule has 0 bridgehead atoms. The number of unbranched alkanes of at least 4 members (excludes halogenated alkanes) is 2. The minimum atomic E-state index is -0.836. The molecule has 1 atom stereocenters. The van der Waals surface area contributed by atoms with Gasteiger partial charge < -0.3 is 14.7 Å². The first-order valence-corrected chi connectivity index (χ1v) is 14.7. The van der Waals surface area contributed by atoms with Crippen LogP contribution in [0.5, 0.6) is 5.75 Å². The molecule has 1 aromatic carbocycles. The van der Waals surface area contributed by atoms with E-state index >= 15 is 0 Å². The van der Waals surface area contributed by atoms with Crippen LogP contribution < -0.4 is 20.9 Å². The smallest absolute Gasteiger partial charge is 0.333 e. The van der Waals surface area contributed by atoms with E-state index in [1.165, 1.54) is 4.57 Å². The van der Waals surface area contributed by atoms with Crippen LogP contribution in [0.3, 0.4) is 0 Å². The van der Waals surface area contributed by atoms with Crippen LogP contribution in [0.15, 0.2) is 33.9 Å². The number of nitrogens with zero attached hydrogens (tertiary/aromatic N) is 5. The maximum Gasteiger partial charge on any atom is 0.333 e. The summed E-state index contributed by atoms with van der Waals surface area (Å²) in [6.45, 7) is 16.8. The Kier molecular flexibility index (Phi) is 10.6. The van der Waals surface area contributed by atoms with Gasteiger partial charge in [-0.2, -0.15) is 5.26 Å². The van der Waals surface area contributed by atoms with Crippen LogP contribution in [0.4, 0.5) is 5.82 Å². The Balaban J connectivity index is 1.79. The fourth-order valence-electron chi connectivity index (χ4n) is 5.29. The van der Waals surface area contributed by atoms with Crippen LogP contribution in [-0.2, 0) is 6.42 Å². The number of aliphatic hydroxyl groups excluding tert-OH is 1. The number of aromatic nitrogens is 2. The molecule has 0 radical (unpaired) electrons. The van der Waals surface area contributed by atoms with Gasteiger partial charge in [-0.1, -0.05) is 19.8 Å². The van der Waals surface area contributed by atoms with E-state index in [0.717, 1.165) is 30.6 Å². The van der Waals surface area contributed by atoms with Gasteiger partial charge in [0.15, 0.2) is 0 Å². The monoisotopic (exact) mass is 553 g/mol. The van der Waals surface area contributed by atoms with Crippen molar-refractivity contribution < 1.29 is 9.84 Å². The van der Waals surface area contributed by atoms with Crippen molar-refractivity contribution in [2.24, 2.45) is 0 Å². The summed E-state index contributed by atoms with van der Waals surface area (Å²) in [7, 11) is 0. The van der Waals surface area contributed by atoms with Crippen molar-refractivity contribution in [3.8, 4) is 11.8 Å². The lowest BCUT2D eigenvalue weighted by Crippen LogP contribution is -2.55. The number of rotatable bonds is 12. The Morgan fingerprint density at radius 3 is 2.10 bits per heavy atom. The van der Waals surface area contributed by atoms with Crippen molar-refractivity contribution in [3.63, 3.8) is 0 Å². The molecule has 0 saturated carbocycles. The van der Waals surface area contributed by atoms with Gasteiger partial charge in [0, 0.05) is 44.8 Å². The third-order valence-corrected chi connectivity index (χ3v) is 7.72. The lowest BCUT2D eigenvalue weighted by molar-refractivity contribution is -0.0449. The molecule has 1 aliphatic rings. The Morgan fingerprint density at radius 2 is 1.57 bits per heavy atom. The summed E-state index contributed by atoms with van der Waals surface area (Å²) < 4.78 is 9.30. The van der Waals surface area contributed by atoms with E-state index in [9.17, 15) is 14.7 Å². The van der Waals surface area contributed by atoms with Crippen LogP contribution in [-0.4, -0.2) is 63.6 Å². The quantitative estimate of drug-likeness (QED) is 0.395. The van der Waals surface area contributed by atoms with Crippen molar-refractivity contribution in [1.82, 2.24) is 14.0 Å². The fourth-order valence-corrected chi connectivity index (χ4v) is 5.29. The average molecular weight is 554 g/mol. The number of nitriles is 1. The first-order valence-electron chi connectivity index (χ1n) is 14.7. The molecule has 1 unspecified atom stereocenters. The van der Waals surface area contributed by atoms with Crippen molar-refractivity contribution in [2.75, 3.05) is 37.6 Å². The number of anilines is 1. The molecule has 2 heterocycles. The fraction of sp³-hybridized carbons (Fsp3) is 0.645. The highest BCUT2D eigenvalue weighted by Crippen LogP contribution is 2.26. The van der Waals surface area contributed by atoms with E-state index in [-0.39, 0.29) is 23.3 Å². The second kappa shape index (κ2) is 13.5. The zero-order valence-corrected chi connectivity index (χ0v) is 25.3. The van der Waals surface area contributed by atoms with Crippen LogP contribution in [0.1, 0.15) is 90.9 Å². The van der Waals surface area contributed by atoms with Gasteiger partial charge in [0.25, 0.3) is 5.56 Å². The Morgan fingerprint density at radius 1 is 0.975 bits per heavy atom. The van der Waals surface area contributed by atoms with Crippen molar-refractivity contribution in [2.45, 2.75) is 97.9 Å². The number of piperazine rings is 1. The zero-order valence-electron chi connectivity index (χ0n) is 25.3. The highest BCUT2D eigenvalue weighted by molar-refractivity contribution is 5.48. The summed E-state index contributed by atoms with van der Waals surface area (Å²) in [6.07, 6.45) is 2.91. The van der Waals surface area contributed by atoms with E-state index in [2.05, 4.69) is 22.8 Å². The summed E-state index contributed by atoms with van der Waals surface area (Å²) in [4.78, 5) is 31.6. The van der Waals surface area contributed by atoms with E-state index in [4.69, 9.17) is 10.00 Å². The summed E-state index contributed by atoms with van der Waals surface area (Å²) >= 11 is 0. The van der Waals surface area contributed by atoms with E-state index in [0.29, 0.717) is 50.5 Å². The summed E-state index contributed by atoms with van der Waals surface area (Å²) in [5.41, 5.74) is 0.0470. The second-order valence-corrected chi connectivity index (χ2v) is 11.9. The van der Waals surface area contributed by atoms with Crippen LogP contribution in [0.2, 0.25) is 0 Å². The SMILES string of the molecule is CCCCCc1c(N2CCN(CC(O)C(C)(C)Oc3ccc(C#N)cc3)CC2)n(C(C)C)c(=O)n(C(C)C)c1=O. The summed E-state index contributed by atoms with van der Waals surface area (Å²) in [5, 5.41) is 20.1. The van der Waals surface area contributed by atoms with Gasteiger partial charge in [-0.15, -0.1) is 0 Å². The molecule has 1 N–H and O–H groups in total. The van der Waals surface area contributed by atoms with Gasteiger partial charge in [-0.25, -0.2) is 4.79 Å². The molecule has 9 nitrogen and oxygen atoms in total. The van der Waals surface area contributed by atoms with Crippen LogP contribution in [0.25, 0.3) is 0 Å². The predicted molar refractivity (Wildman–Crippen MR) is 159 cm³/mol. The number of benzene rings is 1. The average Bonchev–Trinajstić information content (AvgIpc) is 2.90. The molecule has 40 heavy (non-hydrogen) atoms. The third kappa shape index (κ3) is 7.15. The molecule has 1 saturated heterocycles. The molecule has 0 spiro atoms. The highest BCUT2D eigenvalue weighted by Gasteiger charge is 2.34. The standard InChI is InChI=1S/C31H47N5O4/c1-8-9-10-11-26-28(35(22(2)3)30(39)36(23(4)5)29(26)38)34-18-16-33(17-19-34)21-27(37)31(6,7)40-25-14-12-24(20-32)13-15-25/h12-15,22-23,27,37H,8-11,16-19,21H2,1-7H3.